The van der Waals surface area contributed by atoms with Crippen LogP contribution in [0.4, 0.5) is 17.6 Å². The van der Waals surface area contributed by atoms with Gasteiger partial charge in [0.25, 0.3) is 0 Å². The summed E-state index contributed by atoms with van der Waals surface area (Å²) in [6, 6.07) is 8.00. The summed E-state index contributed by atoms with van der Waals surface area (Å²) in [5.74, 6) is -1.02. The summed E-state index contributed by atoms with van der Waals surface area (Å²) < 4.78 is 73.5. The van der Waals surface area contributed by atoms with Gasteiger partial charge >= 0.3 is 6.11 Å². The summed E-state index contributed by atoms with van der Waals surface area (Å²) in [4.78, 5) is 0. The van der Waals surface area contributed by atoms with Crippen molar-refractivity contribution in [2.45, 2.75) is 63.8 Å². The van der Waals surface area contributed by atoms with Gasteiger partial charge in [-0.1, -0.05) is 18.2 Å². The highest BCUT2D eigenvalue weighted by atomic mass is 19.3. The van der Waals surface area contributed by atoms with Crippen molar-refractivity contribution < 1.29 is 31.8 Å². The highest BCUT2D eigenvalue weighted by Gasteiger charge is 2.38. The Bertz CT molecular complexity index is 976. The minimum absolute atomic E-state index is 0.0959. The Hall–Kier alpha value is -2.38. The van der Waals surface area contributed by atoms with Gasteiger partial charge in [-0.2, -0.15) is 8.78 Å². The molecule has 0 spiro atoms. The number of hydrogen-bond donors (Lipinski definition) is 0. The molecule has 0 bridgehead atoms. The van der Waals surface area contributed by atoms with Crippen molar-refractivity contribution in [3.63, 3.8) is 0 Å². The van der Waals surface area contributed by atoms with Crippen molar-refractivity contribution in [3.8, 4) is 5.75 Å². The topological polar surface area (TPSA) is 27.7 Å². The van der Waals surface area contributed by atoms with Crippen LogP contribution in [0.15, 0.2) is 54.6 Å². The quantitative estimate of drug-likeness (QED) is 0.279. The zero-order chi connectivity index (χ0) is 24.8. The molecule has 35 heavy (non-hydrogen) atoms. The fourth-order valence-corrected chi connectivity index (χ4v) is 4.95. The lowest BCUT2D eigenvalue weighted by atomic mass is 9.78. The third kappa shape index (κ3) is 6.64. The average Bonchev–Trinajstić information content (AvgIpc) is 2.86. The molecule has 2 aliphatic rings. The molecular weight excluding hydrogens is 460 g/mol. The number of hydrogen-bond acceptors (Lipinski definition) is 3. The van der Waals surface area contributed by atoms with E-state index in [1.54, 1.807) is 6.07 Å². The van der Waals surface area contributed by atoms with Gasteiger partial charge in [-0.15, -0.1) is 0 Å². The van der Waals surface area contributed by atoms with E-state index in [9.17, 15) is 17.6 Å². The zero-order valence-electron chi connectivity index (χ0n) is 19.9. The summed E-state index contributed by atoms with van der Waals surface area (Å²) in [6.07, 6.45) is 5.62. The maximum absolute atomic E-state index is 14.7. The lowest BCUT2D eigenvalue weighted by Gasteiger charge is -2.37. The summed E-state index contributed by atoms with van der Waals surface area (Å²) in [6.45, 7) is 3.44. The van der Waals surface area contributed by atoms with Crippen LogP contribution in [-0.2, 0) is 15.6 Å². The molecule has 0 N–H and O–H groups in total. The molecule has 1 saturated carbocycles. The van der Waals surface area contributed by atoms with Crippen LogP contribution in [0.1, 0.15) is 62.5 Å². The molecule has 1 heterocycles. The second-order valence-corrected chi connectivity index (χ2v) is 9.47. The van der Waals surface area contributed by atoms with E-state index in [2.05, 4.69) is 16.9 Å². The van der Waals surface area contributed by atoms with Crippen LogP contribution in [0.25, 0.3) is 0 Å². The molecule has 1 saturated heterocycles. The first-order valence-corrected chi connectivity index (χ1v) is 12.3. The smallest absolute Gasteiger partial charge is 0.429 e. The Balaban J connectivity index is 1.30. The van der Waals surface area contributed by atoms with Crippen LogP contribution in [0.5, 0.6) is 5.75 Å². The van der Waals surface area contributed by atoms with Crippen molar-refractivity contribution >= 4 is 0 Å². The number of ether oxygens (including phenoxy) is 3. The van der Waals surface area contributed by atoms with Crippen LogP contribution in [0.3, 0.4) is 0 Å². The summed E-state index contributed by atoms with van der Waals surface area (Å²) in [5, 5.41) is 0. The normalized spacial score (nSPS) is 25.6. The predicted molar refractivity (Wildman–Crippen MR) is 125 cm³/mol. The van der Waals surface area contributed by atoms with Gasteiger partial charge in [-0.3, -0.25) is 0 Å². The first-order valence-electron chi connectivity index (χ1n) is 12.3. The van der Waals surface area contributed by atoms with Gasteiger partial charge in [-0.25, -0.2) is 8.78 Å². The van der Waals surface area contributed by atoms with Crippen molar-refractivity contribution in [1.29, 1.82) is 0 Å². The lowest BCUT2D eigenvalue weighted by molar-refractivity contribution is -0.229. The van der Waals surface area contributed by atoms with Crippen LogP contribution >= 0.6 is 0 Å². The Kier molecular flexibility index (Phi) is 8.50. The molecule has 2 aromatic carbocycles. The van der Waals surface area contributed by atoms with Crippen molar-refractivity contribution in [3.05, 3.63) is 77.4 Å². The molecule has 7 heteroatoms. The summed E-state index contributed by atoms with van der Waals surface area (Å²) in [7, 11) is 0. The first-order chi connectivity index (χ1) is 16.9. The molecule has 0 aromatic heterocycles. The van der Waals surface area contributed by atoms with E-state index in [1.165, 1.54) is 6.07 Å². The number of alkyl halides is 2. The molecule has 1 aliphatic carbocycles. The molecule has 0 radical (unpaired) electrons. The maximum atomic E-state index is 14.7. The van der Waals surface area contributed by atoms with Crippen LogP contribution in [0, 0.1) is 23.5 Å². The number of benzene rings is 2. The Morgan fingerprint density at radius 1 is 0.971 bits per heavy atom. The molecule has 2 aromatic rings. The molecule has 1 aliphatic heterocycles. The van der Waals surface area contributed by atoms with E-state index < -0.39 is 23.3 Å². The van der Waals surface area contributed by atoms with E-state index in [0.29, 0.717) is 30.6 Å². The van der Waals surface area contributed by atoms with Gasteiger partial charge < -0.3 is 14.2 Å². The minimum Gasteiger partial charge on any atom is -0.429 e. The molecule has 0 atom stereocenters. The fraction of sp³-hybridized carbons (Fsp3) is 0.500. The Labute approximate surface area is 204 Å². The fourth-order valence-electron chi connectivity index (χ4n) is 4.95. The van der Waals surface area contributed by atoms with E-state index in [-0.39, 0.29) is 18.0 Å². The minimum atomic E-state index is -3.88. The van der Waals surface area contributed by atoms with Gasteiger partial charge in [0.05, 0.1) is 18.8 Å². The van der Waals surface area contributed by atoms with E-state index in [4.69, 9.17) is 9.47 Å². The lowest BCUT2D eigenvalue weighted by Crippen LogP contribution is -2.38. The van der Waals surface area contributed by atoms with Crippen LogP contribution in [-0.4, -0.2) is 19.5 Å². The van der Waals surface area contributed by atoms with Gasteiger partial charge in [0.2, 0.25) is 0 Å². The standard InChI is InChI=1S/C28H32F4O3/c1-2-3-4-5-19-17-33-27(34-18-19)21-8-6-20(7-9-21)22-10-15-25(26(30)16-22)28(31,32)35-24-13-11-23(29)12-14-24/h2-3,10-16,19-21,27H,4-9,17-18H2,1H3/b3-2+. The largest absolute Gasteiger partial charge is 0.429 e. The highest BCUT2D eigenvalue weighted by Crippen LogP contribution is 2.41. The number of allylic oxidation sites excluding steroid dienone is 2. The molecule has 0 amide bonds. The van der Waals surface area contributed by atoms with Gasteiger partial charge in [0.1, 0.15) is 17.4 Å². The summed E-state index contributed by atoms with van der Waals surface area (Å²) in [5.41, 5.74) is -0.135. The molecular formula is C28H32F4O3. The van der Waals surface area contributed by atoms with Crippen molar-refractivity contribution in [2.75, 3.05) is 13.2 Å². The Morgan fingerprint density at radius 3 is 2.29 bits per heavy atom. The van der Waals surface area contributed by atoms with E-state index in [0.717, 1.165) is 68.9 Å². The molecule has 190 valence electrons. The van der Waals surface area contributed by atoms with Crippen molar-refractivity contribution in [1.82, 2.24) is 0 Å². The number of halogens is 4. The Morgan fingerprint density at radius 2 is 1.66 bits per heavy atom. The van der Waals surface area contributed by atoms with Crippen molar-refractivity contribution in [2.24, 2.45) is 11.8 Å². The monoisotopic (exact) mass is 492 g/mol. The predicted octanol–water partition coefficient (Wildman–Crippen LogP) is 7.71. The van der Waals surface area contributed by atoms with Crippen LogP contribution in [0.2, 0.25) is 0 Å². The van der Waals surface area contributed by atoms with Gasteiger partial charge in [0.15, 0.2) is 6.29 Å². The van der Waals surface area contributed by atoms with Crippen LogP contribution < -0.4 is 4.74 Å². The van der Waals surface area contributed by atoms with E-state index in [1.807, 2.05) is 6.92 Å². The molecule has 4 rings (SSSR count). The highest BCUT2D eigenvalue weighted by molar-refractivity contribution is 5.31. The second kappa shape index (κ2) is 11.6. The molecule has 2 fully saturated rings. The van der Waals surface area contributed by atoms with E-state index >= 15 is 0 Å². The number of rotatable bonds is 8. The van der Waals surface area contributed by atoms with Gasteiger partial charge in [-0.05, 0) is 93.3 Å². The zero-order valence-corrected chi connectivity index (χ0v) is 19.9. The average molecular weight is 493 g/mol. The SMILES string of the molecule is C/C=C/CCC1COC(C2CCC(c3ccc(C(F)(F)Oc4ccc(F)cc4)c(F)c3)CC2)OC1. The summed E-state index contributed by atoms with van der Waals surface area (Å²) >= 11 is 0. The second-order valence-electron chi connectivity index (χ2n) is 9.47. The molecule has 3 nitrogen and oxygen atoms in total. The maximum Gasteiger partial charge on any atom is 0.429 e. The van der Waals surface area contributed by atoms with Gasteiger partial charge in [0, 0.05) is 11.8 Å². The first kappa shape index (κ1) is 25.7. The molecule has 0 unspecified atom stereocenters. The third-order valence-corrected chi connectivity index (χ3v) is 6.96. The third-order valence-electron chi connectivity index (χ3n) is 6.96.